The van der Waals surface area contributed by atoms with Gasteiger partial charge in [-0.05, 0) is 66.7 Å². The molecular formula is C38H29N3O12. The minimum atomic E-state index is -1.68. The molecule has 5 aromatic rings. The van der Waals surface area contributed by atoms with Crippen molar-refractivity contribution in [2.75, 3.05) is 12.4 Å². The molecule has 15 nitrogen and oxygen atoms in total. The Labute approximate surface area is 300 Å². The average Bonchev–Trinajstić information content (AvgIpc) is 3.50. The third-order valence-electron chi connectivity index (χ3n) is 7.70. The predicted molar refractivity (Wildman–Crippen MR) is 183 cm³/mol. The minimum absolute atomic E-state index is 0.0816. The van der Waals surface area contributed by atoms with E-state index in [-0.39, 0.29) is 33.8 Å². The van der Waals surface area contributed by atoms with Gasteiger partial charge in [-0.3, -0.25) is 9.88 Å². The number of hydrogen-bond donors (Lipinski definition) is 1. The Kier molecular flexibility index (Phi) is 11.0. The van der Waals surface area contributed by atoms with E-state index in [4.69, 9.17) is 23.7 Å². The van der Waals surface area contributed by atoms with Gasteiger partial charge in [-0.1, -0.05) is 54.6 Å². The van der Waals surface area contributed by atoms with Gasteiger partial charge in [0.25, 0.3) is 0 Å². The highest BCUT2D eigenvalue weighted by atomic mass is 16.8. The minimum Gasteiger partial charge on any atom is -0.465 e. The highest BCUT2D eigenvalue weighted by Gasteiger charge is 2.53. The van der Waals surface area contributed by atoms with Crippen molar-refractivity contribution in [1.29, 1.82) is 0 Å². The molecule has 2 heterocycles. The molecular weight excluding hydrogens is 690 g/mol. The van der Waals surface area contributed by atoms with Gasteiger partial charge in [-0.15, -0.1) is 0 Å². The molecule has 4 atom stereocenters. The number of benzene rings is 4. The van der Waals surface area contributed by atoms with Crippen molar-refractivity contribution < 1.29 is 52.4 Å². The van der Waals surface area contributed by atoms with Gasteiger partial charge in [0.15, 0.2) is 12.3 Å². The third kappa shape index (κ3) is 8.61. The number of methoxy groups -OCH3 is 1. The van der Waals surface area contributed by atoms with Crippen molar-refractivity contribution >= 4 is 35.8 Å². The molecule has 1 amide bonds. The number of nitrogens with one attached hydrogen (secondary N) is 1. The van der Waals surface area contributed by atoms with Crippen molar-refractivity contribution in [1.82, 2.24) is 9.55 Å². The highest BCUT2D eigenvalue weighted by molar-refractivity contribution is 5.91. The van der Waals surface area contributed by atoms with Gasteiger partial charge >= 0.3 is 35.7 Å². The van der Waals surface area contributed by atoms with Gasteiger partial charge < -0.3 is 28.4 Å². The summed E-state index contributed by atoms with van der Waals surface area (Å²) >= 11 is 0. The molecule has 4 aromatic carbocycles. The Morgan fingerprint density at radius 3 is 1.62 bits per heavy atom. The van der Waals surface area contributed by atoms with E-state index in [2.05, 4.69) is 15.0 Å². The van der Waals surface area contributed by atoms with Crippen LogP contribution in [0.15, 0.2) is 132 Å². The van der Waals surface area contributed by atoms with Crippen LogP contribution < -0.4 is 15.7 Å². The Morgan fingerprint density at radius 1 is 0.623 bits per heavy atom. The monoisotopic (exact) mass is 719 g/mol. The Morgan fingerprint density at radius 2 is 1.11 bits per heavy atom. The number of aromatic nitrogens is 2. The molecule has 0 unspecified atom stereocenters. The smallest absolute Gasteiger partial charge is 0.418 e. The van der Waals surface area contributed by atoms with E-state index in [1.807, 2.05) is 0 Å². The molecule has 1 aliphatic rings. The fraction of sp³-hybridized carbons (Fsp3) is 0.132. The number of nitrogens with zero attached hydrogens (tertiary/aromatic N) is 2. The number of hydrogen-bond acceptors (Lipinski definition) is 13. The van der Waals surface area contributed by atoms with Gasteiger partial charge in [0, 0.05) is 6.20 Å². The van der Waals surface area contributed by atoms with Crippen molar-refractivity contribution in [2.45, 2.75) is 24.7 Å². The lowest BCUT2D eigenvalue weighted by molar-refractivity contribution is -0.149. The van der Waals surface area contributed by atoms with Crippen molar-refractivity contribution in [3.63, 3.8) is 0 Å². The first-order valence-corrected chi connectivity index (χ1v) is 15.9. The molecule has 53 heavy (non-hydrogen) atoms. The average molecular weight is 720 g/mol. The number of amides is 1. The maximum absolute atomic E-state index is 13.5. The number of carbonyl (C=O) groups is 5. The van der Waals surface area contributed by atoms with Crippen LogP contribution in [0.25, 0.3) is 0 Å². The Hall–Kier alpha value is -7.13. The molecule has 0 radical (unpaired) electrons. The summed E-state index contributed by atoms with van der Waals surface area (Å²) in [5.74, 6) is -3.29. The van der Waals surface area contributed by atoms with Gasteiger partial charge in [0.1, 0.15) is 11.6 Å². The molecule has 0 aliphatic carbocycles. The Balaban J connectivity index is 1.29. The van der Waals surface area contributed by atoms with Gasteiger partial charge in [-0.2, -0.15) is 4.98 Å². The van der Waals surface area contributed by atoms with E-state index < -0.39 is 60.4 Å². The topological polar surface area (TPSA) is 188 Å². The quantitative estimate of drug-likeness (QED) is 0.153. The van der Waals surface area contributed by atoms with E-state index in [0.29, 0.717) is 0 Å². The zero-order valence-corrected chi connectivity index (χ0v) is 27.7. The van der Waals surface area contributed by atoms with Crippen LogP contribution in [0.1, 0.15) is 47.7 Å². The van der Waals surface area contributed by atoms with E-state index in [9.17, 15) is 28.8 Å². The SMILES string of the molecule is COC(=O)c1ccc(OC(=O)Nc2ccn([C@@H]3O[C@H](OC(=O)c4ccccc4)[C@H](OC(=O)c4ccccc4)[C@H]3OC(=O)c3ccccc3)c(=O)n2)cc1. The fourth-order valence-electron chi connectivity index (χ4n) is 5.15. The summed E-state index contributed by atoms with van der Waals surface area (Å²) in [5.41, 5.74) is -0.350. The lowest BCUT2D eigenvalue weighted by atomic mass is 10.1. The standard InChI is InChI=1S/C38H29N3O12/c1-48-32(42)26-17-19-27(20-18-26)49-38(47)40-28-21-22-41(37(46)39-28)31-29(50-33(43)23-11-5-2-6-12-23)30(51-34(44)24-13-7-3-8-14-24)36(52-31)53-35(45)25-15-9-4-10-16-25/h2-22,29-31,36H,1H3,(H,39,40,46,47)/t29-,30-,31-,36-/m1/s1. The summed E-state index contributed by atoms with van der Waals surface area (Å²) in [5, 5.41) is 2.33. The molecule has 268 valence electrons. The lowest BCUT2D eigenvalue weighted by Crippen LogP contribution is -2.42. The lowest BCUT2D eigenvalue weighted by Gasteiger charge is -2.24. The molecule has 1 saturated heterocycles. The molecule has 1 N–H and O–H groups in total. The predicted octanol–water partition coefficient (Wildman–Crippen LogP) is 4.80. The number of ether oxygens (including phenoxy) is 6. The summed E-state index contributed by atoms with van der Waals surface area (Å²) in [7, 11) is 1.23. The molecule has 15 heteroatoms. The van der Waals surface area contributed by atoms with Crippen LogP contribution in [-0.4, -0.2) is 65.1 Å². The zero-order valence-electron chi connectivity index (χ0n) is 27.7. The summed E-state index contributed by atoms with van der Waals surface area (Å²) in [6.07, 6.45) is -6.22. The van der Waals surface area contributed by atoms with Crippen LogP contribution in [0.2, 0.25) is 0 Å². The third-order valence-corrected chi connectivity index (χ3v) is 7.70. The second kappa shape index (κ2) is 16.3. The van der Waals surface area contributed by atoms with Crippen molar-refractivity contribution in [3.8, 4) is 5.75 Å². The first-order valence-electron chi connectivity index (χ1n) is 15.9. The first-order chi connectivity index (χ1) is 25.7. The number of anilines is 1. The largest absolute Gasteiger partial charge is 0.465 e. The van der Waals surface area contributed by atoms with E-state index >= 15 is 0 Å². The van der Waals surface area contributed by atoms with Gasteiger partial charge in [-0.25, -0.2) is 28.8 Å². The highest BCUT2D eigenvalue weighted by Crippen LogP contribution is 2.35. The fourth-order valence-corrected chi connectivity index (χ4v) is 5.15. The van der Waals surface area contributed by atoms with E-state index in [0.717, 1.165) is 4.57 Å². The molecule has 0 saturated carbocycles. The summed E-state index contributed by atoms with van der Waals surface area (Å²) < 4.78 is 34.1. The normalized spacial score (nSPS) is 17.5. The van der Waals surface area contributed by atoms with Gasteiger partial charge in [0.2, 0.25) is 12.4 Å². The molecule has 1 fully saturated rings. The summed E-state index contributed by atoms with van der Waals surface area (Å²) in [6, 6.07) is 30.5. The van der Waals surface area contributed by atoms with Crippen LogP contribution in [0.4, 0.5) is 10.6 Å². The van der Waals surface area contributed by atoms with E-state index in [1.165, 1.54) is 80.0 Å². The van der Waals surface area contributed by atoms with Crippen LogP contribution >= 0.6 is 0 Å². The second-order valence-electron chi connectivity index (χ2n) is 11.2. The summed E-state index contributed by atoms with van der Waals surface area (Å²) in [4.78, 5) is 81.6. The second-order valence-corrected chi connectivity index (χ2v) is 11.2. The summed E-state index contributed by atoms with van der Waals surface area (Å²) in [6.45, 7) is 0. The maximum Gasteiger partial charge on any atom is 0.418 e. The zero-order chi connectivity index (χ0) is 37.3. The Bertz CT molecular complexity index is 2160. The molecule has 1 aliphatic heterocycles. The molecule has 1 aromatic heterocycles. The number of carbonyl (C=O) groups excluding carboxylic acids is 5. The molecule has 0 spiro atoms. The maximum atomic E-state index is 13.5. The van der Waals surface area contributed by atoms with E-state index in [1.54, 1.807) is 54.6 Å². The first kappa shape index (κ1) is 35.7. The van der Waals surface area contributed by atoms with Crippen LogP contribution in [-0.2, 0) is 23.7 Å². The van der Waals surface area contributed by atoms with Crippen LogP contribution in [0.3, 0.4) is 0 Å². The van der Waals surface area contributed by atoms with Crippen LogP contribution in [0.5, 0.6) is 5.75 Å². The molecule has 6 rings (SSSR count). The number of rotatable bonds is 10. The molecule has 0 bridgehead atoms. The van der Waals surface area contributed by atoms with Crippen molar-refractivity contribution in [3.05, 3.63) is 160 Å². The van der Waals surface area contributed by atoms with Crippen molar-refractivity contribution in [2.24, 2.45) is 0 Å². The van der Waals surface area contributed by atoms with Gasteiger partial charge in [0.05, 0.1) is 29.4 Å². The number of esters is 4. The van der Waals surface area contributed by atoms with Crippen LogP contribution in [0, 0.1) is 0 Å².